The molecule has 12 N–H and O–H groups in total. The van der Waals surface area contributed by atoms with Gasteiger partial charge in [0.05, 0.1) is 0 Å². The zero-order chi connectivity index (χ0) is 59.7. The summed E-state index contributed by atoms with van der Waals surface area (Å²) in [6.45, 7) is 9.05. The second-order valence-electron chi connectivity index (χ2n) is 21.1. The number of carbonyl (C=O) groups excluding carboxylic acids is 7. The molecule has 0 saturated carbocycles. The summed E-state index contributed by atoms with van der Waals surface area (Å²) in [5.74, 6) is -3.02. The van der Waals surface area contributed by atoms with Crippen molar-refractivity contribution in [2.24, 2.45) is 39.2 Å². The van der Waals surface area contributed by atoms with Gasteiger partial charge in [-0.2, -0.15) is 0 Å². The summed E-state index contributed by atoms with van der Waals surface area (Å²) >= 11 is 0. The molecule has 1 rings (SSSR count). The first-order valence-corrected chi connectivity index (χ1v) is 27.9. The Morgan fingerprint density at radius 3 is 0.875 bits per heavy atom. The highest BCUT2D eigenvalue weighted by molar-refractivity contribution is 5.82. The minimum Gasteiger partial charge on any atom is -0.464 e. The Hall–Kier alpha value is -5.61. The molecule has 0 bridgehead atoms. The maximum absolute atomic E-state index is 14.3. The van der Waals surface area contributed by atoms with Gasteiger partial charge in [-0.3, -0.25) is 14.4 Å². The maximum Gasteiger partial charge on any atom is 0.407 e. The number of nitrogens with two attached hydrogens (primary N) is 4. The summed E-state index contributed by atoms with van der Waals surface area (Å²) in [5.41, 5.74) is 17.5. The molecule has 0 unspecified atom stereocenters. The Kier molecular flexibility index (Phi) is 38.3. The molecule has 1 aromatic carbocycles. The third-order valence-electron chi connectivity index (χ3n) is 12.7. The quantitative estimate of drug-likeness (QED) is 0.0260. The molecule has 4 amide bonds. The van der Waals surface area contributed by atoms with Crippen molar-refractivity contribution in [3.05, 3.63) is 35.9 Å². The average Bonchev–Trinajstić information content (AvgIpc) is 3.45. The van der Waals surface area contributed by atoms with E-state index in [0.29, 0.717) is 83.6 Å². The van der Waals surface area contributed by atoms with Crippen molar-refractivity contribution in [3.8, 4) is 0 Å². The van der Waals surface area contributed by atoms with Crippen molar-refractivity contribution < 1.29 is 66.7 Å². The van der Waals surface area contributed by atoms with Gasteiger partial charge >= 0.3 is 42.3 Å². The third kappa shape index (κ3) is 33.2. The number of carbonyl (C=O) groups is 7. The Bertz CT molecular complexity index is 1730. The molecular weight excluding hydrogens is 1040 g/mol. The number of rotatable bonds is 45. The van der Waals surface area contributed by atoms with E-state index in [1.54, 1.807) is 30.3 Å². The van der Waals surface area contributed by atoms with Gasteiger partial charge in [0, 0.05) is 26.2 Å². The van der Waals surface area contributed by atoms with Crippen LogP contribution < -0.4 is 44.2 Å². The van der Waals surface area contributed by atoms with Crippen LogP contribution in [0.4, 0.5) is 19.2 Å². The molecular formula is C54H100N12O14. The topological polar surface area (TPSA) is 349 Å². The maximum atomic E-state index is 14.3. The monoisotopic (exact) mass is 1140 g/mol. The summed E-state index contributed by atoms with van der Waals surface area (Å²) in [5, 5.41) is 10.6. The van der Waals surface area contributed by atoms with Crippen molar-refractivity contribution >= 4 is 42.3 Å². The number of nitrogens with zero attached hydrogens (tertiary/aromatic N) is 4. The van der Waals surface area contributed by atoms with E-state index in [2.05, 4.69) is 40.9 Å². The number of nitrogens with one attached hydrogen (secondary N) is 4. The average molecular weight is 1140 g/mol. The highest BCUT2D eigenvalue weighted by atomic mass is 16.6. The van der Waals surface area contributed by atoms with Crippen LogP contribution in [0.25, 0.3) is 0 Å². The number of benzene rings is 1. The standard InChI is InChI=1S/C54H100N12O14/c1-52(45(67)74-37-44-19-9-8-10-20-44,38-75-46(68)53(2,40-77-48(70)59-25-15-33-63(4)29-11-21-55)41-78-49(71)60-26-16-34-64(5)30-12-22-56)39-76-47(69)54(3,42-79-50(72)61-27-17-35-65(6)31-13-23-57)43-80-51(73)62-28-18-36-66(7)32-14-24-58/h8-10,19-20H,11-18,21-43,55-58H2,1-7H3,(H,59,70)(H,60,71)(H,61,72)(H,62,73). The number of hydrogen-bond donors (Lipinski definition) is 8. The van der Waals surface area contributed by atoms with Crippen molar-refractivity contribution in [3.63, 3.8) is 0 Å². The number of alkyl carbamates (subject to hydrolysis) is 4. The van der Waals surface area contributed by atoms with E-state index in [9.17, 15) is 33.6 Å². The molecule has 0 aliphatic heterocycles. The van der Waals surface area contributed by atoms with E-state index in [1.165, 1.54) is 20.8 Å². The Labute approximate surface area is 474 Å². The normalized spacial score (nSPS) is 11.8. The van der Waals surface area contributed by atoms with E-state index < -0.39 is 98.2 Å². The van der Waals surface area contributed by atoms with Crippen LogP contribution >= 0.6 is 0 Å². The van der Waals surface area contributed by atoms with Crippen LogP contribution in [0, 0.1) is 16.2 Å². The van der Waals surface area contributed by atoms with Crippen LogP contribution in [0.2, 0.25) is 0 Å². The number of hydrogen-bond acceptors (Lipinski definition) is 22. The number of amides is 4. The van der Waals surface area contributed by atoms with Crippen LogP contribution in [-0.2, 0) is 54.1 Å². The lowest BCUT2D eigenvalue weighted by Crippen LogP contribution is -2.47. The minimum atomic E-state index is -1.92. The van der Waals surface area contributed by atoms with Gasteiger partial charge in [-0.25, -0.2) is 19.2 Å². The van der Waals surface area contributed by atoms with Crippen LogP contribution in [0.1, 0.15) is 77.7 Å². The van der Waals surface area contributed by atoms with Crippen LogP contribution in [0.15, 0.2) is 30.3 Å². The predicted octanol–water partition coefficient (Wildman–Crippen LogP) is 1.42. The molecule has 0 atom stereocenters. The van der Waals surface area contributed by atoms with Gasteiger partial charge in [-0.15, -0.1) is 0 Å². The van der Waals surface area contributed by atoms with Gasteiger partial charge in [0.15, 0.2) is 0 Å². The number of esters is 3. The lowest BCUT2D eigenvalue weighted by molar-refractivity contribution is -0.179. The molecule has 0 aliphatic carbocycles. The first kappa shape index (κ1) is 72.4. The van der Waals surface area contributed by atoms with E-state index in [1.807, 2.05) is 28.2 Å². The summed E-state index contributed by atoms with van der Waals surface area (Å²) in [6.07, 6.45) is 2.32. The molecule has 26 nitrogen and oxygen atoms in total. The zero-order valence-electron chi connectivity index (χ0n) is 49.1. The summed E-state index contributed by atoms with van der Waals surface area (Å²) in [7, 11) is 7.77. The van der Waals surface area contributed by atoms with Crippen molar-refractivity contribution in [2.75, 3.05) is 173 Å². The smallest absolute Gasteiger partial charge is 0.407 e. The predicted molar refractivity (Wildman–Crippen MR) is 303 cm³/mol. The SMILES string of the molecule is CN(CCCN)CCCNC(=O)OCC(C)(COC(=O)NCCCN(C)CCCN)C(=O)OCC(C)(COC(=O)C(C)(COC(=O)NCCCN(C)CCCN)COC(=O)NCCCN(C)CCCN)C(=O)OCc1ccccc1. The fourth-order valence-electron chi connectivity index (χ4n) is 7.33. The zero-order valence-corrected chi connectivity index (χ0v) is 49.1. The molecule has 1 aromatic rings. The summed E-state index contributed by atoms with van der Waals surface area (Å²) < 4.78 is 39.3. The fourth-order valence-corrected chi connectivity index (χ4v) is 7.33. The van der Waals surface area contributed by atoms with Gasteiger partial charge in [0.2, 0.25) is 0 Å². The summed E-state index contributed by atoms with van der Waals surface area (Å²) in [4.78, 5) is 103. The highest BCUT2D eigenvalue weighted by Crippen LogP contribution is 2.28. The molecule has 0 spiro atoms. The molecule has 0 aromatic heterocycles. The van der Waals surface area contributed by atoms with Crippen molar-refractivity contribution in [1.82, 2.24) is 40.9 Å². The molecule has 80 heavy (non-hydrogen) atoms. The molecule has 0 saturated heterocycles. The molecule has 0 heterocycles. The first-order valence-electron chi connectivity index (χ1n) is 27.9. The third-order valence-corrected chi connectivity index (χ3v) is 12.7. The van der Waals surface area contributed by atoms with Crippen molar-refractivity contribution in [1.29, 1.82) is 0 Å². The van der Waals surface area contributed by atoms with Crippen LogP contribution in [0.5, 0.6) is 0 Å². The largest absolute Gasteiger partial charge is 0.464 e. The molecule has 0 fully saturated rings. The lowest BCUT2D eigenvalue weighted by atomic mass is 9.90. The van der Waals surface area contributed by atoms with Crippen molar-refractivity contribution in [2.45, 2.75) is 78.7 Å². The van der Waals surface area contributed by atoms with E-state index >= 15 is 0 Å². The van der Waals surface area contributed by atoms with Crippen LogP contribution in [-0.4, -0.2) is 234 Å². The second-order valence-corrected chi connectivity index (χ2v) is 21.1. The minimum absolute atomic E-state index is 0.202. The van der Waals surface area contributed by atoms with Gasteiger partial charge in [-0.05, 0) is 184 Å². The van der Waals surface area contributed by atoms with Gasteiger partial charge < -0.3 is 97.0 Å². The first-order chi connectivity index (χ1) is 38.1. The molecule has 0 radical (unpaired) electrons. The van der Waals surface area contributed by atoms with E-state index in [-0.39, 0.29) is 32.8 Å². The molecule has 0 aliphatic rings. The highest BCUT2D eigenvalue weighted by Gasteiger charge is 2.45. The number of ether oxygens (including phenoxy) is 7. The molecule has 26 heteroatoms. The molecule has 460 valence electrons. The lowest BCUT2D eigenvalue weighted by Gasteiger charge is -2.32. The van der Waals surface area contributed by atoms with E-state index in [4.69, 9.17) is 56.1 Å². The Morgan fingerprint density at radius 2 is 0.613 bits per heavy atom. The Morgan fingerprint density at radius 1 is 0.375 bits per heavy atom. The van der Waals surface area contributed by atoms with E-state index in [0.717, 1.165) is 51.9 Å². The fraction of sp³-hybridized carbons (Fsp3) is 0.759. The van der Waals surface area contributed by atoms with Gasteiger partial charge in [0.1, 0.15) is 62.5 Å². The van der Waals surface area contributed by atoms with Gasteiger partial charge in [-0.1, -0.05) is 30.3 Å². The Balaban J connectivity index is 3.39. The van der Waals surface area contributed by atoms with Crippen LogP contribution in [0.3, 0.4) is 0 Å². The second kappa shape index (κ2) is 42.3. The van der Waals surface area contributed by atoms with Gasteiger partial charge in [0.25, 0.3) is 0 Å². The summed E-state index contributed by atoms with van der Waals surface area (Å²) in [6, 6.07) is 8.75.